The summed E-state index contributed by atoms with van der Waals surface area (Å²) in [5.74, 6) is 0. The standard InChI is InChI=1S/C17H34N2O4/c1(2-10-20-12-4-18-6-14-22-15-7-18)3-11-21-13-5-19-8-16-23-17-9-19/h1-17H2. The van der Waals surface area contributed by atoms with Crippen LogP contribution in [0.4, 0.5) is 0 Å². The summed E-state index contributed by atoms with van der Waals surface area (Å²) in [6, 6.07) is 0. The van der Waals surface area contributed by atoms with E-state index in [1.54, 1.807) is 0 Å². The molecule has 0 aromatic rings. The minimum atomic E-state index is 0.843. The van der Waals surface area contributed by atoms with E-state index < -0.39 is 0 Å². The quantitative estimate of drug-likeness (QED) is 0.495. The maximum absolute atomic E-state index is 5.70. The summed E-state index contributed by atoms with van der Waals surface area (Å²) in [7, 11) is 0. The van der Waals surface area contributed by atoms with Gasteiger partial charge in [0.05, 0.1) is 39.6 Å². The SMILES string of the molecule is C(CCOCCN1CCOCC1)CCOCCN1CCOCC1. The molecule has 0 unspecified atom stereocenters. The third kappa shape index (κ3) is 9.59. The molecular formula is C17H34N2O4. The first-order chi connectivity index (χ1) is 11.4. The lowest BCUT2D eigenvalue weighted by molar-refractivity contribution is 0.0181. The van der Waals surface area contributed by atoms with Crippen molar-refractivity contribution in [2.75, 3.05) is 92.1 Å². The van der Waals surface area contributed by atoms with Crippen LogP contribution in [0, 0.1) is 0 Å². The molecule has 6 nitrogen and oxygen atoms in total. The van der Waals surface area contributed by atoms with Gasteiger partial charge in [0.15, 0.2) is 0 Å². The Kier molecular flexibility index (Phi) is 10.9. The second kappa shape index (κ2) is 13.1. The molecule has 0 aliphatic carbocycles. The van der Waals surface area contributed by atoms with Gasteiger partial charge < -0.3 is 18.9 Å². The molecule has 0 N–H and O–H groups in total. The Labute approximate surface area is 141 Å². The Morgan fingerprint density at radius 3 is 1.43 bits per heavy atom. The van der Waals surface area contributed by atoms with Gasteiger partial charge in [-0.25, -0.2) is 0 Å². The third-order valence-corrected chi connectivity index (χ3v) is 4.39. The normalized spacial score (nSPS) is 20.9. The van der Waals surface area contributed by atoms with Gasteiger partial charge in [0.25, 0.3) is 0 Å². The Balaban J connectivity index is 1.26. The van der Waals surface area contributed by atoms with Crippen molar-refractivity contribution in [2.24, 2.45) is 0 Å². The van der Waals surface area contributed by atoms with E-state index in [0.29, 0.717) is 0 Å². The Morgan fingerprint density at radius 1 is 0.565 bits per heavy atom. The van der Waals surface area contributed by atoms with Crippen molar-refractivity contribution in [3.05, 3.63) is 0 Å². The van der Waals surface area contributed by atoms with E-state index in [1.165, 1.54) is 6.42 Å². The first-order valence-electron chi connectivity index (χ1n) is 9.21. The van der Waals surface area contributed by atoms with Crippen molar-refractivity contribution in [3.8, 4) is 0 Å². The van der Waals surface area contributed by atoms with E-state index in [-0.39, 0.29) is 0 Å². The highest BCUT2D eigenvalue weighted by Gasteiger charge is 2.10. The van der Waals surface area contributed by atoms with E-state index in [0.717, 1.165) is 105 Å². The van der Waals surface area contributed by atoms with Crippen LogP contribution in [0.2, 0.25) is 0 Å². The highest BCUT2D eigenvalue weighted by molar-refractivity contribution is 4.61. The monoisotopic (exact) mass is 330 g/mol. The molecule has 23 heavy (non-hydrogen) atoms. The van der Waals surface area contributed by atoms with Crippen molar-refractivity contribution in [2.45, 2.75) is 19.3 Å². The van der Waals surface area contributed by atoms with Crippen LogP contribution in [0.25, 0.3) is 0 Å². The molecule has 0 atom stereocenters. The van der Waals surface area contributed by atoms with Crippen molar-refractivity contribution in [3.63, 3.8) is 0 Å². The fourth-order valence-corrected chi connectivity index (χ4v) is 2.83. The molecule has 136 valence electrons. The lowest BCUT2D eigenvalue weighted by Gasteiger charge is -2.26. The highest BCUT2D eigenvalue weighted by Crippen LogP contribution is 2.00. The van der Waals surface area contributed by atoms with Crippen molar-refractivity contribution in [1.82, 2.24) is 9.80 Å². The summed E-state index contributed by atoms with van der Waals surface area (Å²) in [6.45, 7) is 13.2. The Morgan fingerprint density at radius 2 is 1.00 bits per heavy atom. The van der Waals surface area contributed by atoms with E-state index >= 15 is 0 Å². The summed E-state index contributed by atoms with van der Waals surface area (Å²) >= 11 is 0. The Hall–Kier alpha value is -0.240. The summed E-state index contributed by atoms with van der Waals surface area (Å²) in [6.07, 6.45) is 3.46. The van der Waals surface area contributed by atoms with Gasteiger partial charge in [-0.05, 0) is 19.3 Å². The number of unbranched alkanes of at least 4 members (excludes halogenated alkanes) is 2. The van der Waals surface area contributed by atoms with Crippen LogP contribution in [0.15, 0.2) is 0 Å². The average molecular weight is 330 g/mol. The lowest BCUT2D eigenvalue weighted by atomic mass is 10.2. The molecule has 2 rings (SSSR count). The number of hydrogen-bond donors (Lipinski definition) is 0. The van der Waals surface area contributed by atoms with Crippen LogP contribution in [0.3, 0.4) is 0 Å². The molecule has 0 spiro atoms. The molecule has 0 saturated carbocycles. The second-order valence-electron chi connectivity index (χ2n) is 6.19. The zero-order valence-electron chi connectivity index (χ0n) is 14.5. The van der Waals surface area contributed by atoms with Crippen molar-refractivity contribution >= 4 is 0 Å². The first-order valence-corrected chi connectivity index (χ1v) is 9.21. The topological polar surface area (TPSA) is 43.4 Å². The minimum absolute atomic E-state index is 0.843. The predicted molar refractivity (Wildman–Crippen MR) is 90.0 cm³/mol. The van der Waals surface area contributed by atoms with Crippen LogP contribution < -0.4 is 0 Å². The number of nitrogens with zero attached hydrogens (tertiary/aromatic N) is 2. The smallest absolute Gasteiger partial charge is 0.0594 e. The van der Waals surface area contributed by atoms with E-state index in [4.69, 9.17) is 18.9 Å². The molecule has 2 saturated heterocycles. The van der Waals surface area contributed by atoms with Gasteiger partial charge >= 0.3 is 0 Å². The van der Waals surface area contributed by atoms with Gasteiger partial charge in [0.1, 0.15) is 0 Å². The molecule has 2 aliphatic heterocycles. The summed E-state index contributed by atoms with van der Waals surface area (Å²) < 4.78 is 22.1. The second-order valence-corrected chi connectivity index (χ2v) is 6.19. The van der Waals surface area contributed by atoms with Gasteiger partial charge in [0, 0.05) is 52.5 Å². The van der Waals surface area contributed by atoms with E-state index in [2.05, 4.69) is 9.80 Å². The zero-order valence-corrected chi connectivity index (χ0v) is 14.5. The average Bonchev–Trinajstić information content (AvgIpc) is 2.61. The summed E-state index contributed by atoms with van der Waals surface area (Å²) in [5, 5.41) is 0. The van der Waals surface area contributed by atoms with Gasteiger partial charge in [-0.2, -0.15) is 0 Å². The molecule has 0 bridgehead atoms. The molecular weight excluding hydrogens is 296 g/mol. The molecule has 6 heteroatoms. The van der Waals surface area contributed by atoms with Crippen molar-refractivity contribution in [1.29, 1.82) is 0 Å². The van der Waals surface area contributed by atoms with Crippen LogP contribution in [0.1, 0.15) is 19.3 Å². The fourth-order valence-electron chi connectivity index (χ4n) is 2.83. The number of rotatable bonds is 12. The molecule has 0 radical (unpaired) electrons. The molecule has 0 amide bonds. The third-order valence-electron chi connectivity index (χ3n) is 4.39. The van der Waals surface area contributed by atoms with Crippen LogP contribution in [-0.4, -0.2) is 102 Å². The maximum atomic E-state index is 5.70. The van der Waals surface area contributed by atoms with Crippen molar-refractivity contribution < 1.29 is 18.9 Å². The molecule has 2 aliphatic rings. The Bertz CT molecular complexity index is 243. The van der Waals surface area contributed by atoms with Crippen LogP contribution >= 0.6 is 0 Å². The number of hydrogen-bond acceptors (Lipinski definition) is 6. The lowest BCUT2D eigenvalue weighted by Crippen LogP contribution is -2.38. The number of morpholine rings is 2. The number of ether oxygens (including phenoxy) is 4. The van der Waals surface area contributed by atoms with Gasteiger partial charge in [-0.1, -0.05) is 0 Å². The van der Waals surface area contributed by atoms with Gasteiger partial charge in [0.2, 0.25) is 0 Å². The largest absolute Gasteiger partial charge is 0.380 e. The highest BCUT2D eigenvalue weighted by atomic mass is 16.5. The van der Waals surface area contributed by atoms with E-state index in [9.17, 15) is 0 Å². The summed E-state index contributed by atoms with van der Waals surface area (Å²) in [4.78, 5) is 4.82. The molecule has 2 fully saturated rings. The maximum Gasteiger partial charge on any atom is 0.0594 e. The zero-order chi connectivity index (χ0) is 16.0. The van der Waals surface area contributed by atoms with Crippen LogP contribution in [0.5, 0.6) is 0 Å². The predicted octanol–water partition coefficient (Wildman–Crippen LogP) is 0.854. The fraction of sp³-hybridized carbons (Fsp3) is 1.00. The van der Waals surface area contributed by atoms with Crippen LogP contribution in [-0.2, 0) is 18.9 Å². The van der Waals surface area contributed by atoms with Gasteiger partial charge in [-0.15, -0.1) is 0 Å². The molecule has 0 aromatic carbocycles. The first kappa shape index (κ1) is 19.1. The van der Waals surface area contributed by atoms with Gasteiger partial charge in [-0.3, -0.25) is 9.80 Å². The molecule has 0 aromatic heterocycles. The minimum Gasteiger partial charge on any atom is -0.380 e. The summed E-state index contributed by atoms with van der Waals surface area (Å²) in [5.41, 5.74) is 0. The molecule has 2 heterocycles. The van der Waals surface area contributed by atoms with E-state index in [1.807, 2.05) is 0 Å².